The molecule has 10 nitrogen and oxygen atoms in total. The molecule has 5 atom stereocenters. The van der Waals surface area contributed by atoms with Crippen LogP contribution in [0.3, 0.4) is 0 Å². The van der Waals surface area contributed by atoms with Crippen molar-refractivity contribution in [1.82, 2.24) is 20.5 Å². The third kappa shape index (κ3) is 7.56. The zero-order chi connectivity index (χ0) is 37.3. The average Bonchev–Trinajstić information content (AvgIpc) is 3.72. The number of primary amides is 1. The number of methoxy groups -OCH3 is 1. The molecule has 2 aliphatic carbocycles. The van der Waals surface area contributed by atoms with Gasteiger partial charge in [-0.3, -0.25) is 14.4 Å². The van der Waals surface area contributed by atoms with Crippen molar-refractivity contribution < 1.29 is 23.9 Å². The Morgan fingerprint density at radius 2 is 1.91 bits per heavy atom. The molecule has 7 rings (SSSR count). The van der Waals surface area contributed by atoms with Gasteiger partial charge in [0, 0.05) is 41.0 Å². The largest absolute Gasteiger partial charge is 0.496 e. The van der Waals surface area contributed by atoms with E-state index >= 15 is 0 Å². The summed E-state index contributed by atoms with van der Waals surface area (Å²) < 4.78 is 12.8. The number of carbonyl (C=O) groups is 3. The van der Waals surface area contributed by atoms with Gasteiger partial charge in [-0.1, -0.05) is 81.7 Å². The Kier molecular flexibility index (Phi) is 10.4. The van der Waals surface area contributed by atoms with Crippen LogP contribution in [0.1, 0.15) is 77.2 Å². The molecule has 1 saturated heterocycles. The van der Waals surface area contributed by atoms with Crippen LogP contribution in [0, 0.1) is 17.3 Å². The van der Waals surface area contributed by atoms with E-state index in [9.17, 15) is 14.4 Å². The number of hydrogen-bond donors (Lipinski definition) is 3. The highest BCUT2D eigenvalue weighted by atomic mass is 16.5. The predicted molar refractivity (Wildman–Crippen MR) is 207 cm³/mol. The molecule has 0 spiro atoms. The van der Waals surface area contributed by atoms with Gasteiger partial charge in [0.05, 0.1) is 30.9 Å². The van der Waals surface area contributed by atoms with Crippen molar-refractivity contribution in [3.63, 3.8) is 0 Å². The van der Waals surface area contributed by atoms with Crippen LogP contribution in [0.25, 0.3) is 28.2 Å². The first-order valence-corrected chi connectivity index (χ1v) is 19.2. The average molecular weight is 720 g/mol. The fourth-order valence-corrected chi connectivity index (χ4v) is 8.59. The van der Waals surface area contributed by atoms with Gasteiger partial charge in [0.25, 0.3) is 0 Å². The van der Waals surface area contributed by atoms with Crippen molar-refractivity contribution in [2.24, 2.45) is 23.0 Å². The summed E-state index contributed by atoms with van der Waals surface area (Å²) in [6.45, 7) is 9.22. The van der Waals surface area contributed by atoms with E-state index < -0.39 is 35.5 Å². The Hall–Kier alpha value is -4.70. The third-order valence-corrected chi connectivity index (χ3v) is 11.9. The summed E-state index contributed by atoms with van der Waals surface area (Å²) in [5.74, 6) is 0.151. The smallest absolute Gasteiger partial charge is 0.243 e. The summed E-state index contributed by atoms with van der Waals surface area (Å²) in [5.41, 5.74) is 7.89. The van der Waals surface area contributed by atoms with Gasteiger partial charge in [0.2, 0.25) is 17.7 Å². The third-order valence-electron chi connectivity index (χ3n) is 11.9. The maximum atomic E-state index is 14.9. The number of nitrogens with two attached hydrogens (primary N) is 1. The van der Waals surface area contributed by atoms with Crippen LogP contribution in [0.15, 0.2) is 67.3 Å². The van der Waals surface area contributed by atoms with E-state index in [-0.39, 0.29) is 36.1 Å². The maximum absolute atomic E-state index is 14.9. The van der Waals surface area contributed by atoms with E-state index in [4.69, 9.17) is 20.2 Å². The molecular weight excluding hydrogens is 667 g/mol. The summed E-state index contributed by atoms with van der Waals surface area (Å²) in [4.78, 5) is 48.6. The minimum absolute atomic E-state index is 0.0433. The molecule has 3 aromatic rings. The molecular formula is C43H53N5O5. The second-order valence-electron chi connectivity index (χ2n) is 16.2. The van der Waals surface area contributed by atoms with Crippen molar-refractivity contribution in [1.29, 1.82) is 0 Å². The minimum Gasteiger partial charge on any atom is -0.496 e. The lowest BCUT2D eigenvalue weighted by Gasteiger charge is -2.35. The van der Waals surface area contributed by atoms with Gasteiger partial charge in [0.15, 0.2) is 0 Å². The maximum Gasteiger partial charge on any atom is 0.243 e. The van der Waals surface area contributed by atoms with Crippen molar-refractivity contribution in [2.75, 3.05) is 20.2 Å². The molecule has 2 aromatic carbocycles. The van der Waals surface area contributed by atoms with E-state index in [0.29, 0.717) is 30.0 Å². The molecule has 280 valence electrons. The fourth-order valence-electron chi connectivity index (χ4n) is 8.59. The number of fused-ring (bicyclic) bond motifs is 3. The first-order valence-electron chi connectivity index (χ1n) is 19.2. The number of aromatic nitrogens is 1. The number of allylic oxidation sites excluding steroid dienone is 1. The van der Waals surface area contributed by atoms with Gasteiger partial charge in [-0.05, 0) is 56.0 Å². The van der Waals surface area contributed by atoms with Crippen molar-refractivity contribution >= 4 is 34.7 Å². The van der Waals surface area contributed by atoms with Crippen LogP contribution in [0.5, 0.6) is 11.5 Å². The standard InChI is InChI=1S/C43H53N5O5/c1-5-30-25-43(30,41(44)51)47-39(49)35-22-31-26-48(35)40(50)38(28-15-10-7-11-16-28)45-20-19-42(2,3)18-12-17-29-21-32-34(24-36(29)52-4)46-33(23-37(32)53-31)27-13-8-6-9-14-27/h5-6,8-9,12-14,17,21,23-24,28,30-31,35,38,45H,1,7,10-11,15-16,18-20,22,25-26H2,2-4H3,(H2,44,51)(H,47,49)/b17-12+/t30-,31?,35+,38+,43-/m1/s1. The number of nitrogens with zero attached hydrogens (tertiary/aromatic N) is 2. The quantitative estimate of drug-likeness (QED) is 0.249. The van der Waals surface area contributed by atoms with Crippen LogP contribution in [0.2, 0.25) is 0 Å². The lowest BCUT2D eigenvalue weighted by Crippen LogP contribution is -2.58. The molecule has 3 amide bonds. The van der Waals surface area contributed by atoms with E-state index in [2.05, 4.69) is 49.3 Å². The van der Waals surface area contributed by atoms with Gasteiger partial charge in [-0.2, -0.15) is 0 Å². The molecule has 3 fully saturated rings. The first kappa shape index (κ1) is 36.6. The number of rotatable bonds is 7. The van der Waals surface area contributed by atoms with Gasteiger partial charge in [0.1, 0.15) is 29.2 Å². The zero-order valence-electron chi connectivity index (χ0n) is 31.2. The summed E-state index contributed by atoms with van der Waals surface area (Å²) in [6.07, 6.45) is 13.0. The van der Waals surface area contributed by atoms with E-state index in [0.717, 1.165) is 67.2 Å². The molecule has 4 N–H and O–H groups in total. The summed E-state index contributed by atoms with van der Waals surface area (Å²) in [5, 5.41) is 7.46. The fraction of sp³-hybridized carbons (Fsp3) is 0.488. The highest BCUT2D eigenvalue weighted by Crippen LogP contribution is 2.45. The lowest BCUT2D eigenvalue weighted by molar-refractivity contribution is -0.142. The van der Waals surface area contributed by atoms with Gasteiger partial charge in [-0.25, -0.2) is 4.98 Å². The number of pyridine rings is 1. The number of hydrogen-bond acceptors (Lipinski definition) is 7. The lowest BCUT2D eigenvalue weighted by atomic mass is 9.82. The number of carbonyl (C=O) groups excluding carboxylic acids is 3. The van der Waals surface area contributed by atoms with E-state index in [1.54, 1.807) is 18.1 Å². The zero-order valence-corrected chi connectivity index (χ0v) is 31.2. The van der Waals surface area contributed by atoms with Crippen molar-refractivity contribution in [2.45, 2.75) is 95.4 Å². The summed E-state index contributed by atoms with van der Waals surface area (Å²) in [6, 6.07) is 14.6. The molecule has 4 aliphatic rings. The van der Waals surface area contributed by atoms with Crippen LogP contribution in [-0.4, -0.2) is 71.5 Å². The number of nitrogens with one attached hydrogen (secondary N) is 2. The number of amides is 3. The number of benzene rings is 2. The van der Waals surface area contributed by atoms with Crippen molar-refractivity contribution in [3.05, 3.63) is 72.8 Å². The van der Waals surface area contributed by atoms with Crippen LogP contribution in [-0.2, 0) is 14.4 Å². The Balaban J connectivity index is 1.32. The second kappa shape index (κ2) is 15.0. The Morgan fingerprint density at radius 3 is 2.60 bits per heavy atom. The Labute approximate surface area is 312 Å². The minimum atomic E-state index is -1.19. The topological polar surface area (TPSA) is 136 Å². The van der Waals surface area contributed by atoms with Gasteiger partial charge in [-0.15, -0.1) is 6.58 Å². The van der Waals surface area contributed by atoms with Crippen LogP contribution >= 0.6 is 0 Å². The number of ether oxygens (including phenoxy) is 2. The van der Waals surface area contributed by atoms with E-state index in [1.807, 2.05) is 42.5 Å². The molecule has 0 radical (unpaired) electrons. The summed E-state index contributed by atoms with van der Waals surface area (Å²) >= 11 is 0. The SMILES string of the molecule is C=C[C@@H]1C[C@]1(NC(=O)[C@@H]1CC2CN1C(=O)[C@H](C1CCCCC1)NCCC(C)(C)C/C=C/c1cc3c(cc(-c4ccccc4)nc3cc1OC)O2)C(N)=O. The molecule has 2 aliphatic heterocycles. The monoisotopic (exact) mass is 719 g/mol. The first-order chi connectivity index (χ1) is 25.5. The molecule has 1 aromatic heterocycles. The molecule has 1 unspecified atom stereocenters. The van der Waals surface area contributed by atoms with Gasteiger partial charge < -0.3 is 30.7 Å². The second-order valence-corrected chi connectivity index (χ2v) is 16.2. The molecule has 53 heavy (non-hydrogen) atoms. The summed E-state index contributed by atoms with van der Waals surface area (Å²) in [7, 11) is 1.67. The Bertz CT molecular complexity index is 1900. The molecule has 2 saturated carbocycles. The Morgan fingerprint density at radius 1 is 1.13 bits per heavy atom. The van der Waals surface area contributed by atoms with Crippen LogP contribution in [0.4, 0.5) is 0 Å². The van der Waals surface area contributed by atoms with Crippen molar-refractivity contribution in [3.8, 4) is 22.8 Å². The molecule has 3 heterocycles. The molecule has 10 heteroatoms. The van der Waals surface area contributed by atoms with Crippen LogP contribution < -0.4 is 25.8 Å². The predicted octanol–water partition coefficient (Wildman–Crippen LogP) is 6.18. The van der Waals surface area contributed by atoms with E-state index in [1.165, 1.54) is 0 Å². The normalized spacial score (nSPS) is 28.1. The highest BCUT2D eigenvalue weighted by molar-refractivity contribution is 5.97. The molecule has 4 bridgehead atoms. The van der Waals surface area contributed by atoms with Gasteiger partial charge >= 0.3 is 0 Å². The highest BCUT2D eigenvalue weighted by Gasteiger charge is 2.60.